The molecule has 21 heavy (non-hydrogen) atoms. The molecule has 0 aromatic heterocycles. The second kappa shape index (κ2) is 5.80. The van der Waals surface area contributed by atoms with Gasteiger partial charge in [0, 0.05) is 0 Å². The number of amides is 1. The Kier molecular flexibility index (Phi) is 3.69. The lowest BCUT2D eigenvalue weighted by molar-refractivity contribution is -0.119. The fraction of sp³-hybridized carbons (Fsp3) is 0.105. The number of hydrogen-bond donors (Lipinski definition) is 1. The highest BCUT2D eigenvalue weighted by Crippen LogP contribution is 2.23. The van der Waals surface area contributed by atoms with Gasteiger partial charge in [0.25, 0.3) is 0 Å². The van der Waals surface area contributed by atoms with Crippen LogP contribution < -0.4 is 5.73 Å². The number of primary amides is 1. The molecular weight excluding hydrogens is 258 g/mol. The Balaban J connectivity index is 1.93. The van der Waals surface area contributed by atoms with Gasteiger partial charge in [0.05, 0.1) is 5.92 Å². The number of benzene rings is 3. The molecule has 1 amide bonds. The highest BCUT2D eigenvalue weighted by molar-refractivity contribution is 5.84. The summed E-state index contributed by atoms with van der Waals surface area (Å²) in [6.07, 6.45) is 0.629. The van der Waals surface area contributed by atoms with E-state index >= 15 is 0 Å². The van der Waals surface area contributed by atoms with Crippen molar-refractivity contribution in [1.82, 2.24) is 0 Å². The third-order valence-electron chi connectivity index (χ3n) is 3.80. The molecule has 0 saturated heterocycles. The summed E-state index contributed by atoms with van der Waals surface area (Å²) in [5, 5.41) is 2.39. The molecule has 0 bridgehead atoms. The first-order valence-corrected chi connectivity index (χ1v) is 7.06. The summed E-state index contributed by atoms with van der Waals surface area (Å²) >= 11 is 0. The lowest BCUT2D eigenvalue weighted by atomic mass is 9.90. The highest BCUT2D eigenvalue weighted by Gasteiger charge is 2.18. The quantitative estimate of drug-likeness (QED) is 0.776. The van der Waals surface area contributed by atoms with E-state index in [9.17, 15) is 4.79 Å². The van der Waals surface area contributed by atoms with Crippen molar-refractivity contribution in [3.63, 3.8) is 0 Å². The maximum absolute atomic E-state index is 11.8. The van der Waals surface area contributed by atoms with Gasteiger partial charge >= 0.3 is 0 Å². The van der Waals surface area contributed by atoms with Gasteiger partial charge in [-0.15, -0.1) is 0 Å². The summed E-state index contributed by atoms with van der Waals surface area (Å²) < 4.78 is 0. The molecule has 2 nitrogen and oxygen atoms in total. The van der Waals surface area contributed by atoms with Crippen LogP contribution in [-0.2, 0) is 11.2 Å². The highest BCUT2D eigenvalue weighted by atomic mass is 16.1. The minimum Gasteiger partial charge on any atom is -0.369 e. The smallest absolute Gasteiger partial charge is 0.225 e. The number of hydrogen-bond acceptors (Lipinski definition) is 1. The standard InChI is InChI=1S/C19H17NO/c20-19(21)18(16-7-2-1-3-8-16)13-14-10-11-15-6-4-5-9-17(15)12-14/h1-12,18H,13H2,(H2,20,21). The average molecular weight is 275 g/mol. The van der Waals surface area contributed by atoms with E-state index in [1.807, 2.05) is 42.5 Å². The van der Waals surface area contributed by atoms with E-state index in [1.165, 1.54) is 10.8 Å². The lowest BCUT2D eigenvalue weighted by Gasteiger charge is -2.14. The zero-order chi connectivity index (χ0) is 14.7. The van der Waals surface area contributed by atoms with Crippen molar-refractivity contribution in [2.24, 2.45) is 5.73 Å². The molecule has 0 saturated carbocycles. The fourth-order valence-corrected chi connectivity index (χ4v) is 2.67. The van der Waals surface area contributed by atoms with Gasteiger partial charge in [0.1, 0.15) is 0 Å². The van der Waals surface area contributed by atoms with Gasteiger partial charge in [0.2, 0.25) is 5.91 Å². The molecule has 1 unspecified atom stereocenters. The van der Waals surface area contributed by atoms with E-state index in [-0.39, 0.29) is 11.8 Å². The molecule has 104 valence electrons. The van der Waals surface area contributed by atoms with Crippen molar-refractivity contribution in [2.75, 3.05) is 0 Å². The maximum Gasteiger partial charge on any atom is 0.225 e. The number of nitrogens with two attached hydrogens (primary N) is 1. The van der Waals surface area contributed by atoms with Crippen LogP contribution in [0.25, 0.3) is 10.8 Å². The zero-order valence-corrected chi connectivity index (χ0v) is 11.7. The van der Waals surface area contributed by atoms with Gasteiger partial charge in [-0.2, -0.15) is 0 Å². The van der Waals surface area contributed by atoms with Crippen molar-refractivity contribution < 1.29 is 4.79 Å². The molecule has 0 aliphatic carbocycles. The third-order valence-corrected chi connectivity index (χ3v) is 3.80. The fourth-order valence-electron chi connectivity index (χ4n) is 2.67. The van der Waals surface area contributed by atoms with Crippen LogP contribution in [0.15, 0.2) is 72.8 Å². The monoisotopic (exact) mass is 275 g/mol. The van der Waals surface area contributed by atoms with Crippen molar-refractivity contribution in [3.05, 3.63) is 83.9 Å². The van der Waals surface area contributed by atoms with Gasteiger partial charge in [0.15, 0.2) is 0 Å². The van der Waals surface area contributed by atoms with Crippen molar-refractivity contribution in [2.45, 2.75) is 12.3 Å². The van der Waals surface area contributed by atoms with E-state index in [0.29, 0.717) is 6.42 Å². The van der Waals surface area contributed by atoms with Crippen LogP contribution in [0.2, 0.25) is 0 Å². The first-order valence-electron chi connectivity index (χ1n) is 7.06. The average Bonchev–Trinajstić information content (AvgIpc) is 2.53. The first kappa shape index (κ1) is 13.4. The molecule has 0 aliphatic heterocycles. The number of carbonyl (C=O) groups excluding carboxylic acids is 1. The van der Waals surface area contributed by atoms with Gasteiger partial charge in [-0.1, -0.05) is 72.8 Å². The Morgan fingerprint density at radius 1 is 0.857 bits per heavy atom. The normalized spacial score (nSPS) is 12.2. The van der Waals surface area contributed by atoms with E-state index in [0.717, 1.165) is 11.1 Å². The maximum atomic E-state index is 11.8. The minimum atomic E-state index is -0.285. The molecule has 3 aromatic carbocycles. The lowest BCUT2D eigenvalue weighted by Crippen LogP contribution is -2.23. The van der Waals surface area contributed by atoms with E-state index in [2.05, 4.69) is 30.3 Å². The van der Waals surface area contributed by atoms with Crippen LogP contribution in [0.5, 0.6) is 0 Å². The van der Waals surface area contributed by atoms with E-state index < -0.39 is 0 Å². The molecule has 0 spiro atoms. The molecule has 0 radical (unpaired) electrons. The molecule has 0 aliphatic rings. The second-order valence-electron chi connectivity index (χ2n) is 5.25. The Morgan fingerprint density at radius 3 is 2.24 bits per heavy atom. The summed E-state index contributed by atoms with van der Waals surface area (Å²) in [5.74, 6) is -0.568. The summed E-state index contributed by atoms with van der Waals surface area (Å²) in [5.41, 5.74) is 7.69. The molecule has 2 N–H and O–H groups in total. The van der Waals surface area contributed by atoms with Crippen LogP contribution >= 0.6 is 0 Å². The minimum absolute atomic E-state index is 0.283. The third kappa shape index (κ3) is 2.95. The predicted octanol–water partition coefficient (Wildman–Crippen LogP) is 3.65. The molecule has 0 fully saturated rings. The largest absolute Gasteiger partial charge is 0.369 e. The van der Waals surface area contributed by atoms with Gasteiger partial charge in [-0.25, -0.2) is 0 Å². The summed E-state index contributed by atoms with van der Waals surface area (Å²) in [4.78, 5) is 11.8. The van der Waals surface area contributed by atoms with Crippen molar-refractivity contribution >= 4 is 16.7 Å². The Morgan fingerprint density at radius 2 is 1.52 bits per heavy atom. The summed E-state index contributed by atoms with van der Waals surface area (Å²) in [7, 11) is 0. The van der Waals surface area contributed by atoms with Crippen molar-refractivity contribution in [1.29, 1.82) is 0 Å². The topological polar surface area (TPSA) is 43.1 Å². The van der Waals surface area contributed by atoms with E-state index in [4.69, 9.17) is 5.73 Å². The SMILES string of the molecule is NC(=O)C(Cc1ccc2ccccc2c1)c1ccccc1. The summed E-state index contributed by atoms with van der Waals surface area (Å²) in [6, 6.07) is 24.2. The van der Waals surface area contributed by atoms with Crippen LogP contribution in [0.1, 0.15) is 17.0 Å². The van der Waals surface area contributed by atoms with Crippen LogP contribution in [0, 0.1) is 0 Å². The van der Waals surface area contributed by atoms with Crippen LogP contribution in [-0.4, -0.2) is 5.91 Å². The van der Waals surface area contributed by atoms with Gasteiger partial charge in [-0.3, -0.25) is 4.79 Å². The molecule has 0 heterocycles. The molecule has 2 heteroatoms. The zero-order valence-electron chi connectivity index (χ0n) is 11.7. The number of fused-ring (bicyclic) bond motifs is 1. The van der Waals surface area contributed by atoms with Gasteiger partial charge < -0.3 is 5.73 Å². The number of carbonyl (C=O) groups is 1. The Hall–Kier alpha value is -2.61. The summed E-state index contributed by atoms with van der Waals surface area (Å²) in [6.45, 7) is 0. The molecular formula is C19H17NO. The second-order valence-corrected chi connectivity index (χ2v) is 5.25. The van der Waals surface area contributed by atoms with Crippen LogP contribution in [0.4, 0.5) is 0 Å². The van der Waals surface area contributed by atoms with Gasteiger partial charge in [-0.05, 0) is 28.3 Å². The molecule has 1 atom stereocenters. The van der Waals surface area contributed by atoms with Crippen LogP contribution in [0.3, 0.4) is 0 Å². The van der Waals surface area contributed by atoms with Crippen molar-refractivity contribution in [3.8, 4) is 0 Å². The Labute approximate surface area is 124 Å². The number of rotatable bonds is 4. The first-order chi connectivity index (χ1) is 10.2. The predicted molar refractivity (Wildman–Crippen MR) is 86.0 cm³/mol. The Bertz CT molecular complexity index is 765. The molecule has 3 rings (SSSR count). The molecule has 3 aromatic rings. The van der Waals surface area contributed by atoms with E-state index in [1.54, 1.807) is 0 Å².